The molecular formula is C39H37F3N4O4. The Hall–Kier alpha value is -5.45. The molecule has 11 heteroatoms. The van der Waals surface area contributed by atoms with Gasteiger partial charge in [0.25, 0.3) is 5.91 Å². The molecule has 6 rings (SSSR count). The highest BCUT2D eigenvalue weighted by Crippen LogP contribution is 2.40. The number of hydrogen-bond acceptors (Lipinski definition) is 6. The van der Waals surface area contributed by atoms with Crippen LogP contribution in [0.5, 0.6) is 11.6 Å². The Labute approximate surface area is 288 Å². The van der Waals surface area contributed by atoms with Crippen molar-refractivity contribution in [3.8, 4) is 22.8 Å². The van der Waals surface area contributed by atoms with Crippen molar-refractivity contribution in [2.24, 2.45) is 0 Å². The second kappa shape index (κ2) is 14.2. The third-order valence-electron chi connectivity index (χ3n) is 8.73. The fraction of sp³-hybridized carbons (Fsp3) is 0.282. The molecule has 3 aromatic carbocycles. The molecule has 0 saturated carbocycles. The van der Waals surface area contributed by atoms with Gasteiger partial charge in [-0.2, -0.15) is 13.2 Å². The number of nitrogens with zero attached hydrogens (tertiary/aromatic N) is 3. The van der Waals surface area contributed by atoms with E-state index in [1.54, 1.807) is 42.6 Å². The number of hydrogen-bond donors (Lipinski definition) is 1. The number of ether oxygens (including phenoxy) is 2. The molecule has 5 aromatic rings. The Morgan fingerprint density at radius 2 is 1.70 bits per heavy atom. The van der Waals surface area contributed by atoms with Gasteiger partial charge in [-0.25, -0.2) is 9.78 Å². The Bertz CT molecular complexity index is 2000. The number of aromatic nitrogens is 2. The maximum Gasteiger partial charge on any atom is 0.418 e. The number of urea groups is 1. The van der Waals surface area contributed by atoms with Crippen LogP contribution in [0.2, 0.25) is 0 Å². The topological polar surface area (TPSA) is 93.7 Å². The molecule has 258 valence electrons. The maximum absolute atomic E-state index is 14.0. The largest absolute Gasteiger partial charge is 0.494 e. The van der Waals surface area contributed by atoms with E-state index in [1.807, 2.05) is 57.2 Å². The van der Waals surface area contributed by atoms with Crippen LogP contribution in [-0.4, -0.2) is 46.1 Å². The van der Waals surface area contributed by atoms with Gasteiger partial charge in [-0.1, -0.05) is 61.5 Å². The molecule has 1 aliphatic rings. The summed E-state index contributed by atoms with van der Waals surface area (Å²) in [7, 11) is 0. The summed E-state index contributed by atoms with van der Waals surface area (Å²) in [4.78, 5) is 36.4. The number of para-hydroxylation sites is 1. The molecule has 0 aliphatic carbocycles. The van der Waals surface area contributed by atoms with E-state index in [1.165, 1.54) is 17.2 Å². The van der Waals surface area contributed by atoms with Gasteiger partial charge in [0.1, 0.15) is 11.3 Å². The molecule has 0 radical (unpaired) electrons. The lowest BCUT2D eigenvalue weighted by Crippen LogP contribution is -2.43. The molecule has 1 unspecified atom stereocenters. The second-order valence-corrected chi connectivity index (χ2v) is 12.4. The van der Waals surface area contributed by atoms with E-state index < -0.39 is 23.3 Å². The van der Waals surface area contributed by atoms with Gasteiger partial charge in [-0.05, 0) is 79.6 Å². The van der Waals surface area contributed by atoms with Gasteiger partial charge in [0.05, 0.1) is 23.8 Å². The molecule has 3 amide bonds. The summed E-state index contributed by atoms with van der Waals surface area (Å²) < 4.78 is 53.6. The summed E-state index contributed by atoms with van der Waals surface area (Å²) >= 11 is 0. The van der Waals surface area contributed by atoms with Crippen LogP contribution in [0, 0.1) is 0 Å². The average molecular weight is 683 g/mol. The van der Waals surface area contributed by atoms with E-state index in [4.69, 9.17) is 9.47 Å². The van der Waals surface area contributed by atoms with E-state index in [-0.39, 0.29) is 30.7 Å². The molecule has 1 fully saturated rings. The predicted molar refractivity (Wildman–Crippen MR) is 184 cm³/mol. The first-order valence-electron chi connectivity index (χ1n) is 16.5. The Balaban J connectivity index is 1.19. The van der Waals surface area contributed by atoms with Crippen molar-refractivity contribution in [1.82, 2.24) is 20.2 Å². The highest BCUT2D eigenvalue weighted by molar-refractivity contribution is 6.07. The van der Waals surface area contributed by atoms with Gasteiger partial charge in [0.15, 0.2) is 0 Å². The molecule has 0 bridgehead atoms. The SMILES string of the molecule is CCC1(c2ccc(OC(C)C)nc2)NC(=O)N(CCCOc2cccc(-c3c(Cc4ccccc4)cnc4c(C(F)(F)F)cccc34)c2)C1=O. The molecular weight excluding hydrogens is 645 g/mol. The fourth-order valence-corrected chi connectivity index (χ4v) is 6.35. The monoisotopic (exact) mass is 682 g/mol. The molecule has 1 atom stereocenters. The van der Waals surface area contributed by atoms with Gasteiger partial charge in [-0.15, -0.1) is 0 Å². The van der Waals surface area contributed by atoms with Gasteiger partial charge >= 0.3 is 12.2 Å². The molecule has 1 aliphatic heterocycles. The predicted octanol–water partition coefficient (Wildman–Crippen LogP) is 8.32. The molecule has 3 heterocycles. The number of pyridine rings is 2. The maximum atomic E-state index is 14.0. The van der Waals surface area contributed by atoms with Gasteiger partial charge < -0.3 is 14.8 Å². The number of alkyl halides is 3. The number of halogens is 3. The fourth-order valence-electron chi connectivity index (χ4n) is 6.35. The van der Waals surface area contributed by atoms with Crippen LogP contribution in [0.4, 0.5) is 18.0 Å². The molecule has 0 spiro atoms. The lowest BCUT2D eigenvalue weighted by atomic mass is 9.88. The highest BCUT2D eigenvalue weighted by atomic mass is 19.4. The lowest BCUT2D eigenvalue weighted by molar-refractivity contribution is -0.136. The first-order chi connectivity index (χ1) is 24.0. The smallest absolute Gasteiger partial charge is 0.418 e. The van der Waals surface area contributed by atoms with Crippen molar-refractivity contribution < 1.29 is 32.2 Å². The Morgan fingerprint density at radius 1 is 0.920 bits per heavy atom. The number of amides is 3. The van der Waals surface area contributed by atoms with Crippen molar-refractivity contribution >= 4 is 22.8 Å². The summed E-state index contributed by atoms with van der Waals surface area (Å²) in [5.74, 6) is 0.570. The number of carbonyl (C=O) groups is 2. The Morgan fingerprint density at radius 3 is 2.40 bits per heavy atom. The van der Waals surface area contributed by atoms with Crippen LogP contribution >= 0.6 is 0 Å². The average Bonchev–Trinajstić information content (AvgIpc) is 3.35. The number of nitrogens with one attached hydrogen (secondary N) is 1. The van der Waals surface area contributed by atoms with Crippen LogP contribution in [0.15, 0.2) is 97.3 Å². The minimum atomic E-state index is -4.57. The first kappa shape index (κ1) is 34.4. The lowest BCUT2D eigenvalue weighted by Gasteiger charge is -2.25. The number of fused-ring (bicyclic) bond motifs is 1. The zero-order chi connectivity index (χ0) is 35.5. The standard InChI is InChI=1S/C39H37F3N4O4/c1-4-38(29-17-18-33(43-24-29)50-25(2)3)36(47)46(37(48)45-38)19-10-20-49-30-14-8-13-27(22-30)34-28(21-26-11-6-5-7-12-26)23-44-35-31(34)15-9-16-32(35)39(40,41)42/h5-9,11-18,22-25H,4,10,19-21H2,1-3H3,(H,45,48). The molecule has 50 heavy (non-hydrogen) atoms. The quantitative estimate of drug-likeness (QED) is 0.105. The summed E-state index contributed by atoms with van der Waals surface area (Å²) in [6, 6.07) is 23.9. The number of imide groups is 1. The number of rotatable bonds is 12. The summed E-state index contributed by atoms with van der Waals surface area (Å²) in [5.41, 5.74) is 1.52. The zero-order valence-corrected chi connectivity index (χ0v) is 28.0. The van der Waals surface area contributed by atoms with Crippen molar-refractivity contribution in [1.29, 1.82) is 0 Å². The third kappa shape index (κ3) is 6.99. The van der Waals surface area contributed by atoms with Crippen LogP contribution in [-0.2, 0) is 22.9 Å². The van der Waals surface area contributed by atoms with E-state index in [0.717, 1.165) is 17.2 Å². The van der Waals surface area contributed by atoms with Crippen LogP contribution in [0.3, 0.4) is 0 Å². The van der Waals surface area contributed by atoms with Gasteiger partial charge in [-0.3, -0.25) is 14.7 Å². The third-order valence-corrected chi connectivity index (χ3v) is 8.73. The van der Waals surface area contributed by atoms with Crippen molar-refractivity contribution in [3.63, 3.8) is 0 Å². The van der Waals surface area contributed by atoms with Gasteiger partial charge in [0, 0.05) is 36.0 Å². The molecule has 8 nitrogen and oxygen atoms in total. The van der Waals surface area contributed by atoms with E-state index in [0.29, 0.717) is 53.0 Å². The first-order valence-corrected chi connectivity index (χ1v) is 16.5. The van der Waals surface area contributed by atoms with Gasteiger partial charge in [0.2, 0.25) is 5.88 Å². The molecule has 2 aromatic heterocycles. The van der Waals surface area contributed by atoms with E-state index in [9.17, 15) is 22.8 Å². The number of carbonyl (C=O) groups excluding carboxylic acids is 2. The minimum Gasteiger partial charge on any atom is -0.494 e. The second-order valence-electron chi connectivity index (χ2n) is 12.4. The van der Waals surface area contributed by atoms with Crippen molar-refractivity contribution in [2.75, 3.05) is 13.2 Å². The Kier molecular flexibility index (Phi) is 9.76. The normalized spacial score (nSPS) is 16.3. The number of benzene rings is 3. The van der Waals surface area contributed by atoms with Crippen molar-refractivity contribution in [3.05, 3.63) is 120 Å². The minimum absolute atomic E-state index is 0.0550. The summed E-state index contributed by atoms with van der Waals surface area (Å²) in [5, 5.41) is 3.26. The van der Waals surface area contributed by atoms with Crippen LogP contribution in [0.25, 0.3) is 22.0 Å². The summed E-state index contributed by atoms with van der Waals surface area (Å²) in [6.45, 7) is 5.93. The van der Waals surface area contributed by atoms with Crippen LogP contribution < -0.4 is 14.8 Å². The van der Waals surface area contributed by atoms with E-state index in [2.05, 4.69) is 15.3 Å². The molecule has 1 saturated heterocycles. The summed E-state index contributed by atoms with van der Waals surface area (Å²) in [6.07, 6.45) is -0.382. The van der Waals surface area contributed by atoms with Crippen LogP contribution in [0.1, 0.15) is 55.9 Å². The van der Waals surface area contributed by atoms with E-state index >= 15 is 0 Å². The van der Waals surface area contributed by atoms with Crippen molar-refractivity contribution in [2.45, 2.75) is 57.9 Å². The highest BCUT2D eigenvalue weighted by Gasteiger charge is 2.51. The zero-order valence-electron chi connectivity index (χ0n) is 28.0. The molecule has 1 N–H and O–H groups in total.